The fraction of sp³-hybridized carbons (Fsp3) is 0.550. The van der Waals surface area contributed by atoms with Gasteiger partial charge in [-0.3, -0.25) is 20.2 Å². The predicted molar refractivity (Wildman–Crippen MR) is 113 cm³/mol. The molecule has 2 amide bonds. The summed E-state index contributed by atoms with van der Waals surface area (Å²) in [7, 11) is 1.29. The van der Waals surface area contributed by atoms with Crippen LogP contribution in [0, 0.1) is 5.41 Å². The Bertz CT molecular complexity index is 1080. The Morgan fingerprint density at radius 1 is 1.34 bits per heavy atom. The van der Waals surface area contributed by atoms with Crippen LogP contribution < -0.4 is 5.56 Å². The molecule has 0 atom stereocenters. The minimum Gasteiger partial charge on any atom is -0.444 e. The first kappa shape index (κ1) is 23.4. The quantitative estimate of drug-likeness (QED) is 0.276. The average Bonchev–Trinajstić information content (AvgIpc) is 3.14. The summed E-state index contributed by atoms with van der Waals surface area (Å²) >= 11 is 0. The largest absolute Gasteiger partial charge is 0.444 e. The molecule has 2 aromatic rings. The number of aromatic amines is 1. The summed E-state index contributed by atoms with van der Waals surface area (Å²) < 4.78 is 11.6. The van der Waals surface area contributed by atoms with E-state index in [9.17, 15) is 19.6 Å². The topological polar surface area (TPSA) is 153 Å². The Kier molecular flexibility index (Phi) is 6.65. The summed E-state index contributed by atoms with van der Waals surface area (Å²) in [5, 5.41) is 22.6. The van der Waals surface area contributed by atoms with E-state index in [0.717, 1.165) is 0 Å². The van der Waals surface area contributed by atoms with E-state index in [4.69, 9.17) is 10.1 Å². The molecule has 0 spiro atoms. The number of carbonyl (C=O) groups excluding carboxylic acids is 2. The number of ether oxygens (including phenoxy) is 2. The Morgan fingerprint density at radius 2 is 2.00 bits per heavy atom. The van der Waals surface area contributed by atoms with Crippen molar-refractivity contribution in [2.75, 3.05) is 26.8 Å². The third-order valence-electron chi connectivity index (χ3n) is 5.07. The zero-order chi connectivity index (χ0) is 23.6. The Hall–Kier alpha value is -3.25. The maximum Gasteiger partial charge on any atom is 0.410 e. The zero-order valence-electron chi connectivity index (χ0n) is 18.5. The number of nitrogens with one attached hydrogen (secondary N) is 2. The van der Waals surface area contributed by atoms with Gasteiger partial charge in [0.05, 0.1) is 17.5 Å². The average molecular weight is 448 g/mol. The van der Waals surface area contributed by atoms with E-state index in [-0.39, 0.29) is 28.3 Å². The van der Waals surface area contributed by atoms with Crippen LogP contribution in [0.2, 0.25) is 0 Å². The lowest BCUT2D eigenvalue weighted by molar-refractivity contribution is -0.153. The molecule has 1 saturated heterocycles. The van der Waals surface area contributed by atoms with E-state index in [1.165, 1.54) is 23.9 Å². The van der Waals surface area contributed by atoms with Crippen molar-refractivity contribution in [3.8, 4) is 0 Å². The maximum atomic E-state index is 12.3. The number of likely N-dealkylation sites (tertiary alicyclic amines) is 1. The number of H-pyrrole nitrogens is 1. The number of amides is 2. The van der Waals surface area contributed by atoms with Crippen molar-refractivity contribution < 1.29 is 24.3 Å². The normalized spacial score (nSPS) is 15.1. The summed E-state index contributed by atoms with van der Waals surface area (Å²) in [6.45, 7) is 5.97. The van der Waals surface area contributed by atoms with Gasteiger partial charge in [0, 0.05) is 32.2 Å². The van der Waals surface area contributed by atoms with Crippen LogP contribution in [0.5, 0.6) is 0 Å². The predicted octanol–water partition coefficient (Wildman–Crippen LogP) is 1.33. The molecule has 3 heterocycles. The highest BCUT2D eigenvalue weighted by Gasteiger charge is 2.30. The molecule has 12 nitrogen and oxygen atoms in total. The molecule has 1 fully saturated rings. The van der Waals surface area contributed by atoms with Crippen LogP contribution >= 0.6 is 0 Å². The first-order valence-electron chi connectivity index (χ1n) is 10.2. The van der Waals surface area contributed by atoms with Crippen LogP contribution in [-0.2, 0) is 14.3 Å². The van der Waals surface area contributed by atoms with Gasteiger partial charge in [0.25, 0.3) is 11.5 Å². The number of rotatable bonds is 4. The van der Waals surface area contributed by atoms with Crippen molar-refractivity contribution in [3.05, 3.63) is 33.9 Å². The Morgan fingerprint density at radius 3 is 2.59 bits per heavy atom. The highest BCUT2D eigenvalue weighted by atomic mass is 16.6. The Balaban J connectivity index is 1.82. The van der Waals surface area contributed by atoms with Crippen LogP contribution in [0.3, 0.4) is 0 Å². The molecule has 0 unspecified atom stereocenters. The van der Waals surface area contributed by atoms with Gasteiger partial charge in [0.2, 0.25) is 0 Å². The number of hydroxylamine groups is 2. The second-order valence-corrected chi connectivity index (χ2v) is 8.61. The van der Waals surface area contributed by atoms with Crippen molar-refractivity contribution >= 4 is 23.5 Å². The minimum atomic E-state index is -0.829. The summed E-state index contributed by atoms with van der Waals surface area (Å²) in [6.07, 6.45) is 2.13. The highest BCUT2D eigenvalue weighted by molar-refractivity contribution is 6.08. The second kappa shape index (κ2) is 9.09. The highest BCUT2D eigenvalue weighted by Crippen LogP contribution is 2.28. The van der Waals surface area contributed by atoms with Crippen molar-refractivity contribution in [2.45, 2.75) is 45.1 Å². The van der Waals surface area contributed by atoms with Gasteiger partial charge in [0.1, 0.15) is 17.9 Å². The van der Waals surface area contributed by atoms with Crippen molar-refractivity contribution in [1.29, 1.82) is 5.41 Å². The van der Waals surface area contributed by atoms with Gasteiger partial charge >= 0.3 is 6.09 Å². The lowest BCUT2D eigenvalue weighted by atomic mass is 9.93. The van der Waals surface area contributed by atoms with Gasteiger partial charge < -0.3 is 19.4 Å². The first-order valence-corrected chi connectivity index (χ1v) is 10.2. The fourth-order valence-corrected chi connectivity index (χ4v) is 3.58. The number of aromatic nitrogens is 3. The van der Waals surface area contributed by atoms with E-state index in [0.29, 0.717) is 31.6 Å². The molecule has 12 heteroatoms. The molecular formula is C20H28N6O6. The number of amidine groups is 1. The molecule has 1 aliphatic rings. The molecule has 32 heavy (non-hydrogen) atoms. The van der Waals surface area contributed by atoms with Gasteiger partial charge in [0.15, 0.2) is 5.84 Å². The van der Waals surface area contributed by atoms with Gasteiger partial charge in [-0.05, 0) is 33.6 Å². The van der Waals surface area contributed by atoms with Crippen LogP contribution in [0.25, 0.3) is 5.65 Å². The second-order valence-electron chi connectivity index (χ2n) is 8.61. The lowest BCUT2D eigenvalue weighted by Crippen LogP contribution is -2.41. The summed E-state index contributed by atoms with van der Waals surface area (Å²) in [5.41, 5.74) is -0.0735. The molecular weight excluding hydrogens is 420 g/mol. The van der Waals surface area contributed by atoms with Crippen molar-refractivity contribution in [3.63, 3.8) is 0 Å². The summed E-state index contributed by atoms with van der Waals surface area (Å²) in [5.74, 6) is -1.42. The minimum absolute atomic E-state index is 0.0548. The van der Waals surface area contributed by atoms with E-state index in [2.05, 4.69) is 14.8 Å². The van der Waals surface area contributed by atoms with Gasteiger partial charge in [-0.2, -0.15) is 10.2 Å². The molecule has 0 bridgehead atoms. The van der Waals surface area contributed by atoms with Gasteiger partial charge in [-0.25, -0.2) is 9.31 Å². The van der Waals surface area contributed by atoms with E-state index < -0.39 is 29.5 Å². The van der Waals surface area contributed by atoms with Crippen molar-refractivity contribution in [2.24, 2.45) is 0 Å². The van der Waals surface area contributed by atoms with E-state index in [1.54, 1.807) is 4.90 Å². The van der Waals surface area contributed by atoms with E-state index >= 15 is 0 Å². The number of carbonyl (C=O) groups is 2. The molecule has 3 rings (SSSR count). The molecule has 174 valence electrons. The number of hydrogen-bond acceptors (Lipinski definition) is 8. The molecule has 0 saturated carbocycles. The first-order chi connectivity index (χ1) is 15.0. The van der Waals surface area contributed by atoms with Crippen LogP contribution in [-0.4, -0.2) is 80.0 Å². The smallest absolute Gasteiger partial charge is 0.410 e. The summed E-state index contributed by atoms with van der Waals surface area (Å²) in [6, 6.07) is 1.44. The molecule has 0 aromatic carbocycles. The zero-order valence-corrected chi connectivity index (χ0v) is 18.5. The number of nitrogens with zero attached hydrogens (tertiary/aromatic N) is 4. The molecule has 0 aliphatic carbocycles. The molecule has 1 aliphatic heterocycles. The SMILES string of the molecule is COCC(=O)N(O)C(=N)c1cnn2c(C3CCN(C(=O)OC(C)(C)C)CC3)cc(=O)[nH]c12. The standard InChI is InChI=1S/C20H28N6O6/c1-20(2,3)32-19(29)24-7-5-12(6-8-24)14-9-15(27)23-18-13(10-22-25(14)18)17(21)26(30)16(28)11-31-4/h9-10,12,21,30H,5-8,11H2,1-4H3,(H,23,27). The van der Waals surface area contributed by atoms with Gasteiger partial charge in [-0.15, -0.1) is 0 Å². The molecule has 3 N–H and O–H groups in total. The lowest BCUT2D eigenvalue weighted by Gasteiger charge is -2.33. The fourth-order valence-electron chi connectivity index (χ4n) is 3.58. The van der Waals surface area contributed by atoms with E-state index in [1.807, 2.05) is 20.8 Å². The summed E-state index contributed by atoms with van der Waals surface area (Å²) in [4.78, 5) is 40.7. The third-order valence-corrected chi connectivity index (χ3v) is 5.07. The molecule has 2 aromatic heterocycles. The Labute approximate surface area is 184 Å². The van der Waals surface area contributed by atoms with Gasteiger partial charge in [-0.1, -0.05) is 0 Å². The van der Waals surface area contributed by atoms with Crippen LogP contribution in [0.15, 0.2) is 17.1 Å². The third kappa shape index (κ3) is 4.97. The number of methoxy groups -OCH3 is 1. The maximum absolute atomic E-state index is 12.3. The monoisotopic (exact) mass is 448 g/mol. The molecule has 0 radical (unpaired) electrons. The van der Waals surface area contributed by atoms with Crippen molar-refractivity contribution in [1.82, 2.24) is 24.6 Å². The number of piperidine rings is 1. The number of hydrogen-bond donors (Lipinski definition) is 3. The number of fused-ring (bicyclic) bond motifs is 1. The van der Waals surface area contributed by atoms with Crippen LogP contribution in [0.4, 0.5) is 4.79 Å². The van der Waals surface area contributed by atoms with Crippen LogP contribution in [0.1, 0.15) is 50.8 Å².